The minimum Gasteiger partial charge on any atom is -0.493 e. The van der Waals surface area contributed by atoms with Crippen molar-refractivity contribution in [3.05, 3.63) is 65.7 Å². The molecule has 6 nitrogen and oxygen atoms in total. The molecule has 1 fully saturated rings. The number of pyridine rings is 1. The molecule has 2 aromatic heterocycles. The smallest absolute Gasteiger partial charge is 0.434 e. The van der Waals surface area contributed by atoms with Crippen LogP contribution >= 0.6 is 0 Å². The lowest BCUT2D eigenvalue weighted by molar-refractivity contribution is -0.140. The maximum absolute atomic E-state index is 12.7. The normalized spacial score (nSPS) is 19.0. The standard InChI is InChI=1S/C23H22F3N3O3/c24-23(25,26)20-12-28-21(29-20)17-8-9-19(27-11-17)15-6-4-14(5-7-15)13-32-18-3-1-2-16(10-18)22(30)31/h1-3,8-12,14-15H,4-7,13H2,(H,28,29)(H,30,31)/t14-,15-. The number of alkyl halides is 3. The molecule has 1 aliphatic carbocycles. The van der Waals surface area contributed by atoms with E-state index in [0.717, 1.165) is 37.6 Å². The Labute approximate surface area is 182 Å². The van der Waals surface area contributed by atoms with Gasteiger partial charge in [0, 0.05) is 29.6 Å². The summed E-state index contributed by atoms with van der Waals surface area (Å²) in [6.45, 7) is 0.530. The van der Waals surface area contributed by atoms with Crippen LogP contribution in [0.15, 0.2) is 48.8 Å². The zero-order valence-electron chi connectivity index (χ0n) is 17.1. The van der Waals surface area contributed by atoms with Crippen LogP contribution in [-0.2, 0) is 6.18 Å². The van der Waals surface area contributed by atoms with E-state index in [-0.39, 0.29) is 17.3 Å². The topological polar surface area (TPSA) is 88.1 Å². The minimum absolute atomic E-state index is 0.143. The van der Waals surface area contributed by atoms with Crippen LogP contribution in [0.25, 0.3) is 11.4 Å². The SMILES string of the molecule is O=C(O)c1cccc(OC[C@H]2CC[C@H](c3ccc(-c4nc(C(F)(F)F)c[nH]4)cn3)CC2)c1. The van der Waals surface area contributed by atoms with Gasteiger partial charge in [0.2, 0.25) is 0 Å². The van der Waals surface area contributed by atoms with Crippen molar-refractivity contribution in [1.29, 1.82) is 0 Å². The highest BCUT2D eigenvalue weighted by atomic mass is 19.4. The molecule has 168 valence electrons. The van der Waals surface area contributed by atoms with E-state index in [1.807, 2.05) is 6.07 Å². The fraction of sp³-hybridized carbons (Fsp3) is 0.348. The summed E-state index contributed by atoms with van der Waals surface area (Å²) in [7, 11) is 0. The van der Waals surface area contributed by atoms with Crippen molar-refractivity contribution >= 4 is 5.97 Å². The number of nitrogens with zero attached hydrogens (tertiary/aromatic N) is 2. The third kappa shape index (κ3) is 5.09. The molecule has 2 heterocycles. The fourth-order valence-corrected chi connectivity index (χ4v) is 3.96. The first-order valence-corrected chi connectivity index (χ1v) is 10.3. The van der Waals surface area contributed by atoms with Gasteiger partial charge in [0.05, 0.1) is 12.2 Å². The molecular formula is C23H22F3N3O3. The molecule has 2 N–H and O–H groups in total. The molecule has 0 radical (unpaired) electrons. The van der Waals surface area contributed by atoms with Crippen molar-refractivity contribution in [3.63, 3.8) is 0 Å². The quantitative estimate of drug-likeness (QED) is 0.520. The zero-order chi connectivity index (χ0) is 22.7. The van der Waals surface area contributed by atoms with Crippen LogP contribution in [0.3, 0.4) is 0 Å². The number of carboxylic acid groups (broad SMARTS) is 1. The maximum atomic E-state index is 12.7. The lowest BCUT2D eigenvalue weighted by Gasteiger charge is -2.28. The summed E-state index contributed by atoms with van der Waals surface area (Å²) in [5.74, 6) is 0.378. The summed E-state index contributed by atoms with van der Waals surface area (Å²) in [4.78, 5) is 21.7. The number of halogens is 3. The van der Waals surface area contributed by atoms with E-state index in [1.165, 1.54) is 12.1 Å². The van der Waals surface area contributed by atoms with Gasteiger partial charge in [-0.3, -0.25) is 4.98 Å². The molecule has 0 bridgehead atoms. The van der Waals surface area contributed by atoms with Gasteiger partial charge in [-0.15, -0.1) is 0 Å². The number of hydrogen-bond acceptors (Lipinski definition) is 4. The number of aromatic nitrogens is 3. The monoisotopic (exact) mass is 445 g/mol. The first kappa shape index (κ1) is 21.9. The van der Waals surface area contributed by atoms with Gasteiger partial charge >= 0.3 is 12.1 Å². The molecular weight excluding hydrogens is 423 g/mol. The summed E-state index contributed by atoms with van der Waals surface area (Å²) in [6, 6.07) is 10.1. The van der Waals surface area contributed by atoms with E-state index < -0.39 is 17.8 Å². The van der Waals surface area contributed by atoms with Crippen molar-refractivity contribution in [2.24, 2.45) is 5.92 Å². The number of aromatic amines is 1. The molecule has 0 amide bonds. The summed E-state index contributed by atoms with van der Waals surface area (Å²) >= 11 is 0. The Hall–Kier alpha value is -3.36. The third-order valence-corrected chi connectivity index (χ3v) is 5.76. The highest BCUT2D eigenvalue weighted by Gasteiger charge is 2.33. The Morgan fingerprint density at radius 1 is 1.16 bits per heavy atom. The van der Waals surface area contributed by atoms with Crippen LogP contribution < -0.4 is 4.74 Å². The van der Waals surface area contributed by atoms with Gasteiger partial charge in [0.1, 0.15) is 11.6 Å². The van der Waals surface area contributed by atoms with Crippen molar-refractivity contribution < 1.29 is 27.8 Å². The molecule has 0 aliphatic heterocycles. The molecule has 0 spiro atoms. The largest absolute Gasteiger partial charge is 0.493 e. The molecule has 3 aromatic rings. The summed E-state index contributed by atoms with van der Waals surface area (Å²) in [5.41, 5.74) is 0.677. The molecule has 4 rings (SSSR count). The minimum atomic E-state index is -4.48. The van der Waals surface area contributed by atoms with Crippen LogP contribution in [0, 0.1) is 5.92 Å². The van der Waals surface area contributed by atoms with Crippen molar-refractivity contribution in [1.82, 2.24) is 15.0 Å². The van der Waals surface area contributed by atoms with Gasteiger partial charge in [0.15, 0.2) is 5.69 Å². The van der Waals surface area contributed by atoms with Crippen molar-refractivity contribution in [2.75, 3.05) is 6.61 Å². The first-order chi connectivity index (χ1) is 15.3. The van der Waals surface area contributed by atoms with Crippen LogP contribution in [0.2, 0.25) is 0 Å². The lowest BCUT2D eigenvalue weighted by Crippen LogP contribution is -2.19. The molecule has 1 saturated carbocycles. The average Bonchev–Trinajstić information content (AvgIpc) is 3.29. The molecule has 0 unspecified atom stereocenters. The van der Waals surface area contributed by atoms with Crippen LogP contribution in [0.4, 0.5) is 13.2 Å². The highest BCUT2D eigenvalue weighted by molar-refractivity contribution is 5.88. The predicted octanol–water partition coefficient (Wildman–Crippen LogP) is 5.54. The van der Waals surface area contributed by atoms with E-state index in [4.69, 9.17) is 9.84 Å². The number of carboxylic acids is 1. The predicted molar refractivity (Wildman–Crippen MR) is 110 cm³/mol. The van der Waals surface area contributed by atoms with Gasteiger partial charge in [-0.25, -0.2) is 9.78 Å². The molecule has 1 aromatic carbocycles. The number of nitrogens with one attached hydrogen (secondary N) is 1. The van der Waals surface area contributed by atoms with Gasteiger partial charge < -0.3 is 14.8 Å². The van der Waals surface area contributed by atoms with Crippen molar-refractivity contribution in [2.45, 2.75) is 37.8 Å². The summed E-state index contributed by atoms with van der Waals surface area (Å²) < 4.78 is 44.0. The van der Waals surface area contributed by atoms with Crippen molar-refractivity contribution in [3.8, 4) is 17.1 Å². The fourth-order valence-electron chi connectivity index (χ4n) is 3.96. The van der Waals surface area contributed by atoms with Gasteiger partial charge in [0.25, 0.3) is 0 Å². The number of hydrogen-bond donors (Lipinski definition) is 2. The molecule has 32 heavy (non-hydrogen) atoms. The number of aromatic carboxylic acids is 1. The lowest BCUT2D eigenvalue weighted by atomic mass is 9.80. The van der Waals surface area contributed by atoms with Crippen LogP contribution in [0.1, 0.15) is 53.3 Å². The molecule has 9 heteroatoms. The van der Waals surface area contributed by atoms with Gasteiger partial charge in [-0.2, -0.15) is 13.2 Å². The number of imidazole rings is 1. The average molecular weight is 445 g/mol. The van der Waals surface area contributed by atoms with E-state index in [2.05, 4.69) is 15.0 Å². The second-order valence-corrected chi connectivity index (χ2v) is 7.97. The first-order valence-electron chi connectivity index (χ1n) is 10.3. The highest BCUT2D eigenvalue weighted by Crippen LogP contribution is 2.36. The Balaban J connectivity index is 1.30. The number of ether oxygens (including phenoxy) is 1. The third-order valence-electron chi connectivity index (χ3n) is 5.76. The summed E-state index contributed by atoms with van der Waals surface area (Å²) in [5, 5.41) is 9.07. The molecule has 0 atom stereocenters. The maximum Gasteiger partial charge on any atom is 0.434 e. The number of rotatable bonds is 6. The van der Waals surface area contributed by atoms with E-state index in [0.29, 0.717) is 23.8 Å². The molecule has 0 saturated heterocycles. The second kappa shape index (κ2) is 9.02. The van der Waals surface area contributed by atoms with E-state index in [1.54, 1.807) is 24.4 Å². The zero-order valence-corrected chi connectivity index (χ0v) is 17.1. The van der Waals surface area contributed by atoms with Gasteiger partial charge in [-0.1, -0.05) is 6.07 Å². The molecule has 1 aliphatic rings. The van der Waals surface area contributed by atoms with E-state index in [9.17, 15) is 18.0 Å². The Morgan fingerprint density at radius 3 is 2.56 bits per heavy atom. The Kier molecular flexibility index (Phi) is 6.16. The van der Waals surface area contributed by atoms with Crippen LogP contribution in [0.5, 0.6) is 5.75 Å². The van der Waals surface area contributed by atoms with Crippen LogP contribution in [-0.4, -0.2) is 32.6 Å². The van der Waals surface area contributed by atoms with Gasteiger partial charge in [-0.05, 0) is 61.9 Å². The Morgan fingerprint density at radius 2 is 1.94 bits per heavy atom. The number of H-pyrrole nitrogens is 1. The van der Waals surface area contributed by atoms with E-state index >= 15 is 0 Å². The summed E-state index contributed by atoms with van der Waals surface area (Å²) in [6.07, 6.45) is 1.72. The Bertz CT molecular complexity index is 1070. The number of benzene rings is 1. The second-order valence-electron chi connectivity index (χ2n) is 7.97. The number of carbonyl (C=O) groups is 1.